The van der Waals surface area contributed by atoms with Gasteiger partial charge in [-0.2, -0.15) is 0 Å². The predicted molar refractivity (Wildman–Crippen MR) is 89.6 cm³/mol. The number of rotatable bonds is 7. The van der Waals surface area contributed by atoms with Crippen LogP contribution in [0.3, 0.4) is 0 Å². The molecular formula is C19H30N2. The number of likely N-dealkylation sites (tertiary alicyclic amines) is 1. The van der Waals surface area contributed by atoms with Crippen molar-refractivity contribution < 1.29 is 0 Å². The summed E-state index contributed by atoms with van der Waals surface area (Å²) in [6.45, 7) is 7.10. The summed E-state index contributed by atoms with van der Waals surface area (Å²) in [5, 5.41) is 3.59. The number of piperidine rings is 1. The number of nitrogens with zero attached hydrogens (tertiary/aromatic N) is 1. The molecule has 1 aliphatic carbocycles. The molecule has 1 saturated heterocycles. The van der Waals surface area contributed by atoms with Gasteiger partial charge in [0.05, 0.1) is 0 Å². The molecule has 116 valence electrons. The van der Waals surface area contributed by atoms with Gasteiger partial charge < -0.3 is 10.2 Å². The zero-order chi connectivity index (χ0) is 14.5. The highest BCUT2D eigenvalue weighted by Gasteiger charge is 2.22. The van der Waals surface area contributed by atoms with Crippen LogP contribution in [0.15, 0.2) is 24.3 Å². The van der Waals surface area contributed by atoms with Crippen molar-refractivity contribution in [1.29, 1.82) is 0 Å². The Kier molecular flexibility index (Phi) is 5.32. The van der Waals surface area contributed by atoms with E-state index in [1.165, 1.54) is 62.7 Å². The number of hydrogen-bond acceptors (Lipinski definition) is 2. The van der Waals surface area contributed by atoms with Gasteiger partial charge in [0.15, 0.2) is 0 Å². The van der Waals surface area contributed by atoms with Gasteiger partial charge in [0, 0.05) is 12.6 Å². The number of benzene rings is 1. The van der Waals surface area contributed by atoms with E-state index < -0.39 is 0 Å². The van der Waals surface area contributed by atoms with Crippen LogP contribution in [0.1, 0.15) is 62.5 Å². The molecule has 0 aromatic heterocycles. The summed E-state index contributed by atoms with van der Waals surface area (Å²) < 4.78 is 0. The minimum Gasteiger partial charge on any atom is -0.313 e. The molecule has 1 N–H and O–H groups in total. The molecule has 0 amide bonds. The first-order valence-electron chi connectivity index (χ1n) is 8.86. The van der Waals surface area contributed by atoms with Crippen molar-refractivity contribution in [2.45, 2.75) is 64.0 Å². The lowest BCUT2D eigenvalue weighted by Crippen LogP contribution is -2.38. The van der Waals surface area contributed by atoms with Crippen LogP contribution in [0.2, 0.25) is 0 Å². The Labute approximate surface area is 129 Å². The summed E-state index contributed by atoms with van der Waals surface area (Å²) in [6.07, 6.45) is 8.27. The fraction of sp³-hybridized carbons (Fsp3) is 0.684. The molecule has 2 fully saturated rings. The average Bonchev–Trinajstić information content (AvgIpc) is 3.34. The Morgan fingerprint density at radius 2 is 1.90 bits per heavy atom. The van der Waals surface area contributed by atoms with E-state index in [-0.39, 0.29) is 0 Å². The zero-order valence-corrected chi connectivity index (χ0v) is 13.5. The lowest BCUT2D eigenvalue weighted by Gasteiger charge is -2.33. The zero-order valence-electron chi connectivity index (χ0n) is 13.5. The molecule has 1 aliphatic heterocycles. The highest BCUT2D eigenvalue weighted by Crippen LogP contribution is 2.39. The van der Waals surface area contributed by atoms with E-state index in [0.29, 0.717) is 0 Å². The first-order chi connectivity index (χ1) is 10.3. The van der Waals surface area contributed by atoms with Crippen LogP contribution >= 0.6 is 0 Å². The molecule has 1 aromatic rings. The molecule has 1 unspecified atom stereocenters. The summed E-state index contributed by atoms with van der Waals surface area (Å²) in [5.74, 6) is 0.874. The van der Waals surface area contributed by atoms with Gasteiger partial charge in [-0.3, -0.25) is 0 Å². The average molecular weight is 286 g/mol. The quantitative estimate of drug-likeness (QED) is 0.764. The van der Waals surface area contributed by atoms with E-state index in [4.69, 9.17) is 0 Å². The van der Waals surface area contributed by atoms with E-state index in [0.717, 1.165) is 25.0 Å². The second-order valence-electron chi connectivity index (χ2n) is 6.93. The van der Waals surface area contributed by atoms with Gasteiger partial charge in [-0.1, -0.05) is 30.7 Å². The van der Waals surface area contributed by atoms with E-state index in [2.05, 4.69) is 41.4 Å². The normalized spacial score (nSPS) is 23.4. The molecule has 2 aliphatic rings. The number of hydrogen-bond donors (Lipinski definition) is 1. The highest BCUT2D eigenvalue weighted by atomic mass is 15.2. The molecule has 1 heterocycles. The Morgan fingerprint density at radius 3 is 2.62 bits per heavy atom. The molecule has 0 spiro atoms. The molecule has 2 nitrogen and oxygen atoms in total. The molecule has 1 aromatic carbocycles. The smallest absolute Gasteiger partial charge is 0.0205 e. The maximum Gasteiger partial charge on any atom is 0.0205 e. The van der Waals surface area contributed by atoms with Gasteiger partial charge in [0.25, 0.3) is 0 Å². The molecule has 21 heavy (non-hydrogen) atoms. The molecule has 2 heteroatoms. The lowest BCUT2D eigenvalue weighted by atomic mass is 10.0. The summed E-state index contributed by atoms with van der Waals surface area (Å²) in [7, 11) is 0. The van der Waals surface area contributed by atoms with E-state index in [1.807, 2.05) is 0 Å². The van der Waals surface area contributed by atoms with Gasteiger partial charge in [0.2, 0.25) is 0 Å². The first-order valence-corrected chi connectivity index (χ1v) is 8.86. The first kappa shape index (κ1) is 15.1. The summed E-state index contributed by atoms with van der Waals surface area (Å²) in [6, 6.07) is 10.0. The summed E-state index contributed by atoms with van der Waals surface area (Å²) in [5.41, 5.74) is 2.96. The standard InChI is InChI=1S/C19H30N2/c1-16-5-2-3-13-21(16)14-4-12-20-15-17-6-8-18(9-7-17)19-10-11-19/h6-9,16,19-20H,2-5,10-15H2,1H3. The topological polar surface area (TPSA) is 15.3 Å². The maximum atomic E-state index is 3.59. The van der Waals surface area contributed by atoms with Crippen LogP contribution in [0.25, 0.3) is 0 Å². The van der Waals surface area contributed by atoms with E-state index in [9.17, 15) is 0 Å². The Balaban J connectivity index is 1.30. The molecule has 3 rings (SSSR count). The number of nitrogens with one attached hydrogen (secondary N) is 1. The molecule has 1 saturated carbocycles. The van der Waals surface area contributed by atoms with E-state index in [1.54, 1.807) is 0 Å². The third kappa shape index (κ3) is 4.55. The van der Waals surface area contributed by atoms with Crippen LogP contribution in [-0.2, 0) is 6.54 Å². The van der Waals surface area contributed by atoms with Gasteiger partial charge in [-0.05, 0) is 75.7 Å². The van der Waals surface area contributed by atoms with Crippen molar-refractivity contribution in [2.24, 2.45) is 0 Å². The molecular weight excluding hydrogens is 256 g/mol. The van der Waals surface area contributed by atoms with Crippen molar-refractivity contribution in [1.82, 2.24) is 10.2 Å². The van der Waals surface area contributed by atoms with Crippen molar-refractivity contribution >= 4 is 0 Å². The van der Waals surface area contributed by atoms with Crippen LogP contribution in [-0.4, -0.2) is 30.6 Å². The largest absolute Gasteiger partial charge is 0.313 e. The fourth-order valence-electron chi connectivity index (χ4n) is 3.45. The van der Waals surface area contributed by atoms with Gasteiger partial charge in [-0.25, -0.2) is 0 Å². The Morgan fingerprint density at radius 1 is 1.10 bits per heavy atom. The minimum absolute atomic E-state index is 0.800. The van der Waals surface area contributed by atoms with Crippen molar-refractivity contribution in [2.75, 3.05) is 19.6 Å². The molecule has 0 radical (unpaired) electrons. The van der Waals surface area contributed by atoms with Crippen LogP contribution < -0.4 is 5.32 Å². The molecule has 0 bridgehead atoms. The Hall–Kier alpha value is -0.860. The van der Waals surface area contributed by atoms with Crippen molar-refractivity contribution in [3.05, 3.63) is 35.4 Å². The van der Waals surface area contributed by atoms with Crippen molar-refractivity contribution in [3.63, 3.8) is 0 Å². The van der Waals surface area contributed by atoms with Gasteiger partial charge in [-0.15, -0.1) is 0 Å². The fourth-order valence-corrected chi connectivity index (χ4v) is 3.45. The predicted octanol–water partition coefficient (Wildman–Crippen LogP) is 3.92. The lowest BCUT2D eigenvalue weighted by molar-refractivity contribution is 0.159. The van der Waals surface area contributed by atoms with E-state index >= 15 is 0 Å². The Bertz CT molecular complexity index is 422. The SMILES string of the molecule is CC1CCCCN1CCCNCc1ccc(C2CC2)cc1. The van der Waals surface area contributed by atoms with Gasteiger partial charge >= 0.3 is 0 Å². The van der Waals surface area contributed by atoms with Crippen LogP contribution in [0.4, 0.5) is 0 Å². The highest BCUT2D eigenvalue weighted by molar-refractivity contribution is 5.27. The van der Waals surface area contributed by atoms with Crippen LogP contribution in [0, 0.1) is 0 Å². The second kappa shape index (κ2) is 7.42. The monoisotopic (exact) mass is 286 g/mol. The molecule has 1 atom stereocenters. The van der Waals surface area contributed by atoms with Gasteiger partial charge in [0.1, 0.15) is 0 Å². The third-order valence-corrected chi connectivity index (χ3v) is 5.10. The van der Waals surface area contributed by atoms with Crippen LogP contribution in [0.5, 0.6) is 0 Å². The minimum atomic E-state index is 0.800. The maximum absolute atomic E-state index is 3.59. The van der Waals surface area contributed by atoms with Crippen molar-refractivity contribution in [3.8, 4) is 0 Å². The third-order valence-electron chi connectivity index (χ3n) is 5.10. The summed E-state index contributed by atoms with van der Waals surface area (Å²) >= 11 is 0. The second-order valence-corrected chi connectivity index (χ2v) is 6.93. The summed E-state index contributed by atoms with van der Waals surface area (Å²) in [4.78, 5) is 2.66.